The van der Waals surface area contributed by atoms with Crippen LogP contribution in [0.4, 0.5) is 4.39 Å². The predicted molar refractivity (Wildman–Crippen MR) is 89.6 cm³/mol. The maximum absolute atomic E-state index is 13.0. The Balaban J connectivity index is 1.68. The number of alkyl halides is 1. The molecule has 1 atom stereocenters. The Bertz CT molecular complexity index is 603. The predicted octanol–water partition coefficient (Wildman–Crippen LogP) is 5.11. The summed E-state index contributed by atoms with van der Waals surface area (Å²) in [5.74, 6) is 0.391. The quantitative estimate of drug-likeness (QED) is 0.660. The van der Waals surface area contributed by atoms with Crippen molar-refractivity contribution in [2.24, 2.45) is 5.92 Å². The SMILES string of the molecule is Fc1ccc(CC(CBr)Cc2ccc3c(c2)CCC3)cc1. The number of halogens is 2. The first-order chi connectivity index (χ1) is 10.2. The summed E-state index contributed by atoms with van der Waals surface area (Å²) in [6.07, 6.45) is 5.85. The second-order valence-electron chi connectivity index (χ2n) is 6.01. The maximum atomic E-state index is 13.0. The highest BCUT2D eigenvalue weighted by Gasteiger charge is 2.14. The summed E-state index contributed by atoms with van der Waals surface area (Å²) in [5.41, 5.74) is 5.72. The van der Waals surface area contributed by atoms with E-state index in [9.17, 15) is 4.39 Å². The molecule has 0 radical (unpaired) electrons. The summed E-state index contributed by atoms with van der Waals surface area (Å²) in [4.78, 5) is 0. The van der Waals surface area contributed by atoms with E-state index >= 15 is 0 Å². The first kappa shape index (κ1) is 14.8. The lowest BCUT2D eigenvalue weighted by Crippen LogP contribution is -2.10. The molecule has 0 aromatic heterocycles. The minimum Gasteiger partial charge on any atom is -0.207 e. The van der Waals surface area contributed by atoms with Crippen molar-refractivity contribution in [2.75, 3.05) is 5.33 Å². The van der Waals surface area contributed by atoms with Crippen LogP contribution in [0, 0.1) is 11.7 Å². The summed E-state index contributed by atoms with van der Waals surface area (Å²) in [6, 6.07) is 13.9. The van der Waals surface area contributed by atoms with E-state index in [1.54, 1.807) is 17.7 Å². The highest BCUT2D eigenvalue weighted by Crippen LogP contribution is 2.25. The molecule has 3 rings (SSSR count). The fourth-order valence-electron chi connectivity index (χ4n) is 3.22. The molecule has 0 saturated heterocycles. The monoisotopic (exact) mass is 346 g/mol. The van der Waals surface area contributed by atoms with Gasteiger partial charge in [-0.1, -0.05) is 46.3 Å². The van der Waals surface area contributed by atoms with Crippen molar-refractivity contribution in [2.45, 2.75) is 32.1 Å². The number of hydrogen-bond donors (Lipinski definition) is 0. The molecular weight excluding hydrogens is 327 g/mol. The molecule has 0 N–H and O–H groups in total. The van der Waals surface area contributed by atoms with Gasteiger partial charge in [0.25, 0.3) is 0 Å². The average Bonchev–Trinajstić information content (AvgIpc) is 2.96. The highest BCUT2D eigenvalue weighted by molar-refractivity contribution is 9.09. The average molecular weight is 347 g/mol. The summed E-state index contributed by atoms with van der Waals surface area (Å²) >= 11 is 3.63. The van der Waals surface area contributed by atoms with E-state index in [1.807, 2.05) is 12.1 Å². The molecule has 2 aromatic carbocycles. The topological polar surface area (TPSA) is 0 Å². The van der Waals surface area contributed by atoms with Crippen molar-refractivity contribution >= 4 is 15.9 Å². The molecule has 0 nitrogen and oxygen atoms in total. The van der Waals surface area contributed by atoms with Crippen molar-refractivity contribution in [1.29, 1.82) is 0 Å². The van der Waals surface area contributed by atoms with Crippen molar-refractivity contribution in [3.8, 4) is 0 Å². The van der Waals surface area contributed by atoms with Gasteiger partial charge in [0.2, 0.25) is 0 Å². The number of benzene rings is 2. The van der Waals surface area contributed by atoms with E-state index in [4.69, 9.17) is 0 Å². The van der Waals surface area contributed by atoms with Crippen LogP contribution in [0.25, 0.3) is 0 Å². The number of hydrogen-bond acceptors (Lipinski definition) is 0. The van der Waals surface area contributed by atoms with Gasteiger partial charge in [-0.05, 0) is 72.4 Å². The second kappa shape index (κ2) is 6.74. The Hall–Kier alpha value is -1.15. The van der Waals surface area contributed by atoms with Gasteiger partial charge in [-0.2, -0.15) is 0 Å². The standard InChI is InChI=1S/C19H20BrF/c20-13-16(10-14-5-8-19(21)9-6-14)11-15-4-7-17-2-1-3-18(17)12-15/h4-9,12,16H,1-3,10-11,13H2. The van der Waals surface area contributed by atoms with E-state index < -0.39 is 0 Å². The zero-order chi connectivity index (χ0) is 14.7. The Morgan fingerprint density at radius 1 is 0.905 bits per heavy atom. The van der Waals surface area contributed by atoms with Crippen LogP contribution in [0.3, 0.4) is 0 Å². The van der Waals surface area contributed by atoms with E-state index in [0.717, 1.165) is 18.2 Å². The molecule has 0 fully saturated rings. The third-order valence-corrected chi connectivity index (χ3v) is 5.26. The van der Waals surface area contributed by atoms with Gasteiger partial charge < -0.3 is 0 Å². The lowest BCUT2D eigenvalue weighted by molar-refractivity contribution is 0.587. The smallest absolute Gasteiger partial charge is 0.123 e. The van der Waals surface area contributed by atoms with Gasteiger partial charge in [0.1, 0.15) is 5.82 Å². The lowest BCUT2D eigenvalue weighted by Gasteiger charge is -2.15. The summed E-state index contributed by atoms with van der Waals surface area (Å²) in [6.45, 7) is 0. The number of rotatable bonds is 5. The fraction of sp³-hybridized carbons (Fsp3) is 0.368. The molecule has 2 aromatic rings. The van der Waals surface area contributed by atoms with Crippen LogP contribution in [0.1, 0.15) is 28.7 Å². The van der Waals surface area contributed by atoms with Crippen molar-refractivity contribution in [1.82, 2.24) is 0 Å². The van der Waals surface area contributed by atoms with Crippen LogP contribution in [-0.2, 0) is 25.7 Å². The normalized spacial score (nSPS) is 15.0. The molecule has 21 heavy (non-hydrogen) atoms. The lowest BCUT2D eigenvalue weighted by atomic mass is 9.93. The van der Waals surface area contributed by atoms with E-state index in [-0.39, 0.29) is 5.82 Å². The molecule has 0 amide bonds. The van der Waals surface area contributed by atoms with Gasteiger partial charge in [-0.25, -0.2) is 4.39 Å². The summed E-state index contributed by atoms with van der Waals surface area (Å²) in [5, 5.41) is 0.974. The summed E-state index contributed by atoms with van der Waals surface area (Å²) < 4.78 is 13.0. The van der Waals surface area contributed by atoms with E-state index in [2.05, 4.69) is 34.1 Å². The second-order valence-corrected chi connectivity index (χ2v) is 6.66. The molecule has 0 bridgehead atoms. The third-order valence-electron chi connectivity index (χ3n) is 4.34. The van der Waals surface area contributed by atoms with E-state index in [1.165, 1.54) is 36.0 Å². The molecule has 0 spiro atoms. The Morgan fingerprint density at radius 3 is 2.33 bits per heavy atom. The van der Waals surface area contributed by atoms with Crippen LogP contribution in [0.15, 0.2) is 42.5 Å². The van der Waals surface area contributed by atoms with Gasteiger partial charge in [-0.15, -0.1) is 0 Å². The van der Waals surface area contributed by atoms with Gasteiger partial charge in [0.05, 0.1) is 0 Å². The molecule has 2 heteroatoms. The molecule has 1 aliphatic carbocycles. The van der Waals surface area contributed by atoms with Crippen LogP contribution in [0.2, 0.25) is 0 Å². The first-order valence-electron chi connectivity index (χ1n) is 7.65. The maximum Gasteiger partial charge on any atom is 0.123 e. The van der Waals surface area contributed by atoms with E-state index in [0.29, 0.717) is 5.92 Å². The Morgan fingerprint density at radius 2 is 1.57 bits per heavy atom. The Labute approximate surface area is 134 Å². The molecule has 1 unspecified atom stereocenters. The molecule has 110 valence electrons. The Kier molecular flexibility index (Phi) is 4.74. The highest BCUT2D eigenvalue weighted by atomic mass is 79.9. The fourth-order valence-corrected chi connectivity index (χ4v) is 3.68. The summed E-state index contributed by atoms with van der Waals surface area (Å²) in [7, 11) is 0. The number of aryl methyl sites for hydroxylation is 2. The molecular formula is C19H20BrF. The van der Waals surface area contributed by atoms with Crippen molar-refractivity contribution in [3.05, 3.63) is 70.5 Å². The molecule has 0 aliphatic heterocycles. The molecule has 1 aliphatic rings. The van der Waals surface area contributed by atoms with Crippen LogP contribution >= 0.6 is 15.9 Å². The van der Waals surface area contributed by atoms with Gasteiger partial charge in [0.15, 0.2) is 0 Å². The van der Waals surface area contributed by atoms with Crippen molar-refractivity contribution in [3.63, 3.8) is 0 Å². The van der Waals surface area contributed by atoms with Crippen LogP contribution in [0.5, 0.6) is 0 Å². The minimum atomic E-state index is -0.159. The molecule has 0 heterocycles. The van der Waals surface area contributed by atoms with Gasteiger partial charge in [0, 0.05) is 5.33 Å². The minimum absolute atomic E-state index is 0.159. The largest absolute Gasteiger partial charge is 0.207 e. The molecule has 0 saturated carbocycles. The zero-order valence-electron chi connectivity index (χ0n) is 12.1. The van der Waals surface area contributed by atoms with Crippen LogP contribution < -0.4 is 0 Å². The number of fused-ring (bicyclic) bond motifs is 1. The third kappa shape index (κ3) is 3.74. The zero-order valence-corrected chi connectivity index (χ0v) is 13.7. The van der Waals surface area contributed by atoms with Crippen LogP contribution in [-0.4, -0.2) is 5.33 Å². The first-order valence-corrected chi connectivity index (χ1v) is 8.78. The van der Waals surface area contributed by atoms with Gasteiger partial charge in [-0.3, -0.25) is 0 Å². The van der Waals surface area contributed by atoms with Crippen molar-refractivity contribution < 1.29 is 4.39 Å². The van der Waals surface area contributed by atoms with Gasteiger partial charge >= 0.3 is 0 Å².